The van der Waals surface area contributed by atoms with Crippen LogP contribution >= 0.6 is 27.3 Å². The minimum atomic E-state index is 0.284. The predicted molar refractivity (Wildman–Crippen MR) is 89.5 cm³/mol. The van der Waals surface area contributed by atoms with Gasteiger partial charge in [0.05, 0.1) is 12.1 Å². The highest BCUT2D eigenvalue weighted by molar-refractivity contribution is 9.10. The molecule has 3 atom stereocenters. The Morgan fingerprint density at radius 1 is 1.50 bits per heavy atom. The standard InChI is InChI=1S/C16H20BrNOS/c1-3-18-14(15-10(2)7-8-19-15)12-9-20-16-11(12)5-4-6-13(16)17/h4-6,9-10,14-15,18H,3,7-8H2,1-2H3. The van der Waals surface area contributed by atoms with Gasteiger partial charge in [-0.1, -0.05) is 26.0 Å². The molecule has 1 fully saturated rings. The van der Waals surface area contributed by atoms with Crippen LogP contribution < -0.4 is 5.32 Å². The van der Waals surface area contributed by atoms with Gasteiger partial charge in [-0.3, -0.25) is 0 Å². The van der Waals surface area contributed by atoms with Gasteiger partial charge >= 0.3 is 0 Å². The van der Waals surface area contributed by atoms with Crippen molar-refractivity contribution >= 4 is 37.4 Å². The number of rotatable bonds is 4. The lowest BCUT2D eigenvalue weighted by Gasteiger charge is -2.27. The van der Waals surface area contributed by atoms with E-state index in [4.69, 9.17) is 4.74 Å². The van der Waals surface area contributed by atoms with Gasteiger partial charge in [0, 0.05) is 15.8 Å². The molecule has 0 amide bonds. The normalized spacial score (nSPS) is 24.4. The van der Waals surface area contributed by atoms with Crippen LogP contribution in [0.3, 0.4) is 0 Å². The van der Waals surface area contributed by atoms with E-state index in [2.05, 4.69) is 58.7 Å². The molecule has 3 rings (SSSR count). The Hall–Kier alpha value is -0.420. The van der Waals surface area contributed by atoms with Crippen LogP contribution in [-0.4, -0.2) is 19.3 Å². The number of fused-ring (bicyclic) bond motifs is 1. The summed E-state index contributed by atoms with van der Waals surface area (Å²) in [5.41, 5.74) is 1.38. The average Bonchev–Trinajstić information content (AvgIpc) is 3.04. The second-order valence-corrected chi connectivity index (χ2v) is 7.18. The maximum absolute atomic E-state index is 6.01. The summed E-state index contributed by atoms with van der Waals surface area (Å²) < 4.78 is 8.53. The third-order valence-electron chi connectivity index (χ3n) is 4.11. The number of hydrogen-bond donors (Lipinski definition) is 1. The van der Waals surface area contributed by atoms with Gasteiger partial charge in [-0.25, -0.2) is 0 Å². The highest BCUT2D eigenvalue weighted by atomic mass is 79.9. The smallest absolute Gasteiger partial charge is 0.0796 e. The molecule has 20 heavy (non-hydrogen) atoms. The van der Waals surface area contributed by atoms with Crippen LogP contribution in [-0.2, 0) is 4.74 Å². The topological polar surface area (TPSA) is 21.3 Å². The van der Waals surface area contributed by atoms with E-state index in [1.807, 2.05) is 11.3 Å². The first-order valence-electron chi connectivity index (χ1n) is 7.23. The minimum absolute atomic E-state index is 0.284. The quantitative estimate of drug-likeness (QED) is 0.856. The molecule has 1 aromatic carbocycles. The van der Waals surface area contributed by atoms with Gasteiger partial charge < -0.3 is 10.1 Å². The molecule has 1 saturated heterocycles. The van der Waals surface area contributed by atoms with E-state index >= 15 is 0 Å². The molecule has 4 heteroatoms. The monoisotopic (exact) mass is 353 g/mol. The van der Waals surface area contributed by atoms with Crippen molar-refractivity contribution in [3.8, 4) is 0 Å². The fourth-order valence-corrected chi connectivity index (χ4v) is 4.71. The van der Waals surface area contributed by atoms with Crippen LogP contribution in [0.25, 0.3) is 10.1 Å². The Morgan fingerprint density at radius 3 is 3.05 bits per heavy atom. The Morgan fingerprint density at radius 2 is 2.35 bits per heavy atom. The van der Waals surface area contributed by atoms with E-state index in [0.29, 0.717) is 12.0 Å². The second-order valence-electron chi connectivity index (χ2n) is 5.44. The molecular formula is C16H20BrNOS. The summed E-state index contributed by atoms with van der Waals surface area (Å²) in [5, 5.41) is 7.27. The van der Waals surface area contributed by atoms with E-state index in [-0.39, 0.29) is 6.10 Å². The molecule has 1 aliphatic rings. The summed E-state index contributed by atoms with van der Waals surface area (Å²) in [7, 11) is 0. The van der Waals surface area contributed by atoms with Crippen molar-refractivity contribution < 1.29 is 4.74 Å². The van der Waals surface area contributed by atoms with Crippen LogP contribution in [0.2, 0.25) is 0 Å². The molecule has 0 radical (unpaired) electrons. The Balaban J connectivity index is 2.03. The van der Waals surface area contributed by atoms with Gasteiger partial charge in [-0.05, 0) is 57.2 Å². The lowest BCUT2D eigenvalue weighted by atomic mass is 9.92. The zero-order chi connectivity index (χ0) is 14.1. The first kappa shape index (κ1) is 14.5. The van der Waals surface area contributed by atoms with Crippen LogP contribution in [0.4, 0.5) is 0 Å². The maximum atomic E-state index is 6.01. The van der Waals surface area contributed by atoms with E-state index < -0.39 is 0 Å². The Labute approximate surface area is 132 Å². The first-order valence-corrected chi connectivity index (χ1v) is 8.90. The van der Waals surface area contributed by atoms with Crippen LogP contribution in [0.1, 0.15) is 31.9 Å². The number of likely N-dealkylation sites (N-methyl/N-ethyl adjacent to an activating group) is 1. The van der Waals surface area contributed by atoms with Crippen LogP contribution in [0.15, 0.2) is 28.1 Å². The molecule has 3 unspecified atom stereocenters. The van der Waals surface area contributed by atoms with Gasteiger partial charge in [0.2, 0.25) is 0 Å². The van der Waals surface area contributed by atoms with E-state index in [1.165, 1.54) is 26.5 Å². The maximum Gasteiger partial charge on any atom is 0.0796 e. The number of thiophene rings is 1. The van der Waals surface area contributed by atoms with Gasteiger partial charge in [-0.15, -0.1) is 11.3 Å². The summed E-state index contributed by atoms with van der Waals surface area (Å²) in [6.45, 7) is 6.31. The summed E-state index contributed by atoms with van der Waals surface area (Å²) >= 11 is 5.46. The molecule has 1 aliphatic heterocycles. The van der Waals surface area contributed by atoms with Gasteiger partial charge in [0.1, 0.15) is 0 Å². The van der Waals surface area contributed by atoms with Crippen molar-refractivity contribution in [3.63, 3.8) is 0 Å². The first-order chi connectivity index (χ1) is 9.72. The molecule has 0 saturated carbocycles. The van der Waals surface area contributed by atoms with Crippen molar-refractivity contribution in [2.75, 3.05) is 13.2 Å². The molecule has 2 heterocycles. The zero-order valence-electron chi connectivity index (χ0n) is 11.9. The zero-order valence-corrected chi connectivity index (χ0v) is 14.3. The summed E-state index contributed by atoms with van der Waals surface area (Å²) in [6.07, 6.45) is 1.45. The molecular weight excluding hydrogens is 334 g/mol. The largest absolute Gasteiger partial charge is 0.376 e. The van der Waals surface area contributed by atoms with Crippen molar-refractivity contribution in [2.45, 2.75) is 32.4 Å². The van der Waals surface area contributed by atoms with Crippen molar-refractivity contribution in [2.24, 2.45) is 5.92 Å². The molecule has 1 aromatic heterocycles. The number of hydrogen-bond acceptors (Lipinski definition) is 3. The molecule has 2 nitrogen and oxygen atoms in total. The molecule has 0 aliphatic carbocycles. The Bertz CT molecular complexity index is 597. The fraction of sp³-hybridized carbons (Fsp3) is 0.500. The lowest BCUT2D eigenvalue weighted by Crippen LogP contribution is -2.34. The molecule has 0 bridgehead atoms. The van der Waals surface area contributed by atoms with Crippen molar-refractivity contribution in [1.82, 2.24) is 5.32 Å². The predicted octanol–water partition coefficient (Wildman–Crippen LogP) is 4.74. The molecule has 0 spiro atoms. The van der Waals surface area contributed by atoms with E-state index in [1.54, 1.807) is 0 Å². The number of halogens is 1. The Kier molecular flexibility index (Phi) is 4.46. The van der Waals surface area contributed by atoms with Gasteiger partial charge in [-0.2, -0.15) is 0 Å². The average molecular weight is 354 g/mol. The second kappa shape index (κ2) is 6.14. The van der Waals surface area contributed by atoms with Crippen molar-refractivity contribution in [1.29, 1.82) is 0 Å². The summed E-state index contributed by atoms with van der Waals surface area (Å²) in [6, 6.07) is 6.74. The molecule has 108 valence electrons. The van der Waals surface area contributed by atoms with Crippen LogP contribution in [0, 0.1) is 5.92 Å². The third kappa shape index (κ3) is 2.54. The summed E-state index contributed by atoms with van der Waals surface area (Å²) in [4.78, 5) is 0. The lowest BCUT2D eigenvalue weighted by molar-refractivity contribution is 0.0617. The van der Waals surface area contributed by atoms with Crippen LogP contribution in [0.5, 0.6) is 0 Å². The summed E-state index contributed by atoms with van der Waals surface area (Å²) in [5.74, 6) is 0.612. The van der Waals surface area contributed by atoms with Gasteiger partial charge in [0.25, 0.3) is 0 Å². The number of benzene rings is 1. The molecule has 2 aromatic rings. The highest BCUT2D eigenvalue weighted by Gasteiger charge is 2.33. The molecule has 1 N–H and O–H groups in total. The number of ether oxygens (including phenoxy) is 1. The van der Waals surface area contributed by atoms with Crippen molar-refractivity contribution in [3.05, 3.63) is 33.6 Å². The van der Waals surface area contributed by atoms with E-state index in [9.17, 15) is 0 Å². The number of nitrogens with one attached hydrogen (secondary N) is 1. The van der Waals surface area contributed by atoms with Gasteiger partial charge in [0.15, 0.2) is 0 Å². The van der Waals surface area contributed by atoms with E-state index in [0.717, 1.165) is 13.2 Å². The minimum Gasteiger partial charge on any atom is -0.376 e. The SMILES string of the molecule is CCNC(c1csc2c(Br)cccc12)C1OCCC1C. The fourth-order valence-electron chi connectivity index (χ4n) is 3.05. The third-order valence-corrected chi connectivity index (χ3v) is 6.08. The highest BCUT2D eigenvalue weighted by Crippen LogP contribution is 2.39.